The number of rotatable bonds is 5. The first-order valence-corrected chi connectivity index (χ1v) is 14.7. The molecule has 4 fully saturated rings. The van der Waals surface area contributed by atoms with Crippen molar-refractivity contribution in [1.82, 2.24) is 19.8 Å². The number of halogens is 3. The van der Waals surface area contributed by atoms with Gasteiger partial charge < -0.3 is 14.4 Å². The summed E-state index contributed by atoms with van der Waals surface area (Å²) < 4.78 is 41.7. The van der Waals surface area contributed by atoms with Crippen LogP contribution in [0.2, 0.25) is 0 Å². The summed E-state index contributed by atoms with van der Waals surface area (Å²) in [6.45, 7) is 7.91. The lowest BCUT2D eigenvalue weighted by Gasteiger charge is -2.42. The van der Waals surface area contributed by atoms with Gasteiger partial charge in [-0.3, -0.25) is 14.6 Å². The SMILES string of the molecule is CC(C)(C)OC(=O)N1C2CCC1CN(c1nc(OC[C@@]34CCCN3CC(F)C4)nc3c(F)c(Br)c(C=O)cc13)C2. The van der Waals surface area contributed by atoms with E-state index in [1.54, 1.807) is 6.07 Å². The van der Waals surface area contributed by atoms with Crippen molar-refractivity contribution in [3.63, 3.8) is 0 Å². The molecular formula is C28H34BrF2N5O4. The number of benzene rings is 1. The lowest BCUT2D eigenvalue weighted by molar-refractivity contribution is 0.0122. The molecule has 6 rings (SSSR count). The fourth-order valence-electron chi connectivity index (χ4n) is 6.91. The third-order valence-corrected chi connectivity index (χ3v) is 9.41. The molecule has 0 N–H and O–H groups in total. The maximum atomic E-state index is 15.6. The van der Waals surface area contributed by atoms with Gasteiger partial charge in [0.2, 0.25) is 0 Å². The highest BCUT2D eigenvalue weighted by Crippen LogP contribution is 2.41. The van der Waals surface area contributed by atoms with Gasteiger partial charge in [-0.1, -0.05) is 0 Å². The zero-order valence-corrected chi connectivity index (χ0v) is 24.5. The van der Waals surface area contributed by atoms with E-state index in [1.165, 1.54) is 0 Å². The predicted molar refractivity (Wildman–Crippen MR) is 148 cm³/mol. The summed E-state index contributed by atoms with van der Waals surface area (Å²) in [5, 5.41) is 0.394. The van der Waals surface area contributed by atoms with Crippen LogP contribution < -0.4 is 9.64 Å². The van der Waals surface area contributed by atoms with Gasteiger partial charge in [-0.15, -0.1) is 0 Å². The Bertz CT molecular complexity index is 1340. The van der Waals surface area contributed by atoms with Crippen molar-refractivity contribution in [3.8, 4) is 6.01 Å². The van der Waals surface area contributed by atoms with Crippen LogP contribution in [0.1, 0.15) is 63.2 Å². The summed E-state index contributed by atoms with van der Waals surface area (Å²) in [5.74, 6) is -0.223. The zero-order valence-electron chi connectivity index (χ0n) is 23.0. The van der Waals surface area contributed by atoms with Crippen LogP contribution in [0.4, 0.5) is 19.4 Å². The number of ether oxygens (including phenoxy) is 2. The molecule has 9 nitrogen and oxygen atoms in total. The Kier molecular flexibility index (Phi) is 6.92. The molecule has 4 aliphatic rings. The van der Waals surface area contributed by atoms with E-state index in [9.17, 15) is 14.0 Å². The fraction of sp³-hybridized carbons (Fsp3) is 0.643. The van der Waals surface area contributed by atoms with E-state index in [0.29, 0.717) is 43.5 Å². The van der Waals surface area contributed by atoms with Gasteiger partial charge in [0, 0.05) is 37.0 Å². The topological polar surface area (TPSA) is 88.1 Å². The number of carbonyl (C=O) groups is 2. The molecule has 2 bridgehead atoms. The van der Waals surface area contributed by atoms with E-state index in [0.717, 1.165) is 32.2 Å². The zero-order chi connectivity index (χ0) is 28.4. The van der Waals surface area contributed by atoms with E-state index in [-0.39, 0.29) is 46.3 Å². The smallest absolute Gasteiger partial charge is 0.410 e. The second kappa shape index (κ2) is 10.0. The van der Waals surface area contributed by atoms with Crippen LogP contribution in [0.25, 0.3) is 10.9 Å². The molecule has 4 saturated heterocycles. The minimum Gasteiger partial charge on any atom is -0.461 e. The lowest BCUT2D eigenvalue weighted by Crippen LogP contribution is -2.57. The Morgan fingerprint density at radius 3 is 2.62 bits per heavy atom. The second-order valence-corrected chi connectivity index (χ2v) is 13.3. The molecule has 1 aromatic carbocycles. The van der Waals surface area contributed by atoms with Gasteiger partial charge in [0.1, 0.15) is 29.7 Å². The number of aromatic nitrogens is 2. The molecule has 2 aromatic rings. The maximum Gasteiger partial charge on any atom is 0.410 e. The summed E-state index contributed by atoms with van der Waals surface area (Å²) in [4.78, 5) is 39.9. The number of anilines is 1. The molecule has 216 valence electrons. The molecule has 40 heavy (non-hydrogen) atoms. The quantitative estimate of drug-likeness (QED) is 0.436. The van der Waals surface area contributed by atoms with Crippen molar-refractivity contribution in [1.29, 1.82) is 0 Å². The van der Waals surface area contributed by atoms with Crippen molar-refractivity contribution in [2.45, 2.75) is 82.3 Å². The summed E-state index contributed by atoms with van der Waals surface area (Å²) >= 11 is 3.19. The van der Waals surface area contributed by atoms with Crippen LogP contribution in [0.15, 0.2) is 10.5 Å². The first-order valence-electron chi connectivity index (χ1n) is 13.9. The van der Waals surface area contributed by atoms with Gasteiger partial charge in [0.25, 0.3) is 0 Å². The van der Waals surface area contributed by atoms with E-state index < -0.39 is 23.1 Å². The molecule has 12 heteroatoms. The summed E-state index contributed by atoms with van der Waals surface area (Å²) in [6.07, 6.45) is 3.18. The van der Waals surface area contributed by atoms with E-state index >= 15 is 4.39 Å². The highest BCUT2D eigenvalue weighted by atomic mass is 79.9. The predicted octanol–water partition coefficient (Wildman–Crippen LogP) is 4.89. The van der Waals surface area contributed by atoms with Gasteiger partial charge in [0.05, 0.1) is 22.1 Å². The number of amides is 1. The van der Waals surface area contributed by atoms with E-state index in [1.807, 2.05) is 30.6 Å². The number of carbonyl (C=O) groups excluding carboxylic acids is 2. The minimum atomic E-state index is -0.899. The van der Waals surface area contributed by atoms with Crippen LogP contribution in [0.3, 0.4) is 0 Å². The van der Waals surface area contributed by atoms with Crippen LogP contribution in [0, 0.1) is 5.82 Å². The number of piperazine rings is 1. The largest absolute Gasteiger partial charge is 0.461 e. The third-order valence-electron chi connectivity index (χ3n) is 8.60. The minimum absolute atomic E-state index is 0.0117. The number of aldehydes is 1. The molecule has 4 atom stereocenters. The molecule has 0 radical (unpaired) electrons. The first-order chi connectivity index (χ1) is 19.0. The average molecular weight is 623 g/mol. The first kappa shape index (κ1) is 27.6. The van der Waals surface area contributed by atoms with Gasteiger partial charge >= 0.3 is 12.1 Å². The number of hydrogen-bond donors (Lipinski definition) is 0. The Labute approximate surface area is 240 Å². The average Bonchev–Trinajstić information content (AvgIpc) is 3.50. The maximum absolute atomic E-state index is 15.6. The summed E-state index contributed by atoms with van der Waals surface area (Å²) in [6, 6.07) is 1.40. The van der Waals surface area contributed by atoms with Crippen molar-refractivity contribution < 1.29 is 27.8 Å². The van der Waals surface area contributed by atoms with Crippen molar-refractivity contribution in [3.05, 3.63) is 21.9 Å². The normalized spacial score (nSPS) is 28.3. The van der Waals surface area contributed by atoms with Gasteiger partial charge in [-0.25, -0.2) is 13.6 Å². The van der Waals surface area contributed by atoms with Gasteiger partial charge in [-0.05, 0) is 75.0 Å². The van der Waals surface area contributed by atoms with Gasteiger partial charge in [0.15, 0.2) is 12.1 Å². The molecular weight excluding hydrogens is 588 g/mol. The van der Waals surface area contributed by atoms with Crippen LogP contribution in [0.5, 0.6) is 6.01 Å². The molecule has 4 aliphatic heterocycles. The van der Waals surface area contributed by atoms with Crippen molar-refractivity contribution in [2.75, 3.05) is 37.7 Å². The molecule has 0 aliphatic carbocycles. The third kappa shape index (κ3) is 4.80. The highest BCUT2D eigenvalue weighted by molar-refractivity contribution is 9.10. The fourth-order valence-corrected chi connectivity index (χ4v) is 7.31. The number of nitrogens with zero attached hydrogens (tertiary/aromatic N) is 5. The molecule has 0 saturated carbocycles. The Balaban J connectivity index is 1.34. The summed E-state index contributed by atoms with van der Waals surface area (Å²) in [5.41, 5.74) is -0.819. The molecule has 1 aromatic heterocycles. The molecule has 0 spiro atoms. The number of fused-ring (bicyclic) bond motifs is 4. The standard InChI is InChI=1S/C28H34BrF2N5O4/c1-27(2,3)40-26(38)36-18-5-6-19(36)13-34(12-18)24-20-9-16(14-37)21(29)22(31)23(20)32-25(33-24)39-15-28-7-4-8-35(28)11-17(30)10-28/h9,14,17-19H,4-8,10-13,15H2,1-3H3/t17?,18?,19?,28-/m0/s1. The number of hydrogen-bond acceptors (Lipinski definition) is 8. The molecule has 1 amide bonds. The lowest BCUT2D eigenvalue weighted by atomic mass is 9.95. The van der Waals surface area contributed by atoms with E-state index in [2.05, 4.69) is 25.8 Å². The Morgan fingerprint density at radius 1 is 1.23 bits per heavy atom. The van der Waals surface area contributed by atoms with Crippen LogP contribution in [-0.2, 0) is 4.74 Å². The second-order valence-electron chi connectivity index (χ2n) is 12.5. The summed E-state index contributed by atoms with van der Waals surface area (Å²) in [7, 11) is 0. The molecule has 3 unspecified atom stereocenters. The van der Waals surface area contributed by atoms with Crippen LogP contribution in [-0.4, -0.2) is 94.3 Å². The number of alkyl halides is 1. The van der Waals surface area contributed by atoms with Crippen LogP contribution >= 0.6 is 15.9 Å². The van der Waals surface area contributed by atoms with Crippen molar-refractivity contribution in [2.24, 2.45) is 0 Å². The highest BCUT2D eigenvalue weighted by Gasteiger charge is 2.50. The molecule has 5 heterocycles. The van der Waals surface area contributed by atoms with Gasteiger partial charge in [-0.2, -0.15) is 9.97 Å². The van der Waals surface area contributed by atoms with E-state index in [4.69, 9.17) is 14.5 Å². The Morgan fingerprint density at radius 2 is 1.95 bits per heavy atom. The monoisotopic (exact) mass is 621 g/mol. The Hall–Kier alpha value is -2.60. The van der Waals surface area contributed by atoms with Crippen molar-refractivity contribution >= 4 is 45.0 Å².